The zero-order valence-electron chi connectivity index (χ0n) is 13.1. The first-order valence-corrected chi connectivity index (χ1v) is 8.37. The Balaban J connectivity index is 1.38. The smallest absolute Gasteiger partial charge is 0.225 e. The SMILES string of the molecule is Fc1ccc2c(c1)CC[C@H]2NCc1cnc(N2CCCC2)nc1. The maximum absolute atomic E-state index is 13.3. The Hall–Kier alpha value is -2.01. The van der Waals surface area contributed by atoms with Crippen molar-refractivity contribution in [1.29, 1.82) is 0 Å². The summed E-state index contributed by atoms with van der Waals surface area (Å²) < 4.78 is 13.3. The Kier molecular flexibility index (Phi) is 3.95. The highest BCUT2D eigenvalue weighted by atomic mass is 19.1. The van der Waals surface area contributed by atoms with Crippen LogP contribution in [0, 0.1) is 5.82 Å². The summed E-state index contributed by atoms with van der Waals surface area (Å²) in [5.74, 6) is 0.697. The molecule has 0 unspecified atom stereocenters. The summed E-state index contributed by atoms with van der Waals surface area (Å²) in [5, 5.41) is 3.55. The van der Waals surface area contributed by atoms with Crippen LogP contribution in [0.15, 0.2) is 30.6 Å². The van der Waals surface area contributed by atoms with Gasteiger partial charge in [0, 0.05) is 43.6 Å². The molecular weight excluding hydrogens is 291 g/mol. The van der Waals surface area contributed by atoms with Gasteiger partial charge in [-0.25, -0.2) is 14.4 Å². The number of fused-ring (bicyclic) bond motifs is 1. The molecule has 2 aliphatic rings. The first-order valence-electron chi connectivity index (χ1n) is 8.37. The molecule has 1 N–H and O–H groups in total. The number of halogens is 1. The molecule has 4 nitrogen and oxygen atoms in total. The van der Waals surface area contributed by atoms with Gasteiger partial charge in [0.2, 0.25) is 5.95 Å². The van der Waals surface area contributed by atoms with Crippen LogP contribution in [-0.2, 0) is 13.0 Å². The molecular formula is C18H21FN4. The lowest BCUT2D eigenvalue weighted by atomic mass is 10.1. The van der Waals surface area contributed by atoms with Crippen molar-refractivity contribution in [2.45, 2.75) is 38.3 Å². The van der Waals surface area contributed by atoms with Gasteiger partial charge in [-0.1, -0.05) is 6.07 Å². The normalized spacial score (nSPS) is 20.0. The summed E-state index contributed by atoms with van der Waals surface area (Å²) in [6, 6.07) is 5.41. The third-order valence-electron chi connectivity index (χ3n) is 4.82. The molecule has 4 rings (SSSR count). The Labute approximate surface area is 135 Å². The number of nitrogens with one attached hydrogen (secondary N) is 1. The van der Waals surface area contributed by atoms with Crippen LogP contribution in [-0.4, -0.2) is 23.1 Å². The van der Waals surface area contributed by atoms with Gasteiger partial charge in [-0.05, 0) is 48.9 Å². The standard InChI is InChI=1S/C18H21FN4/c19-15-4-5-16-14(9-15)3-6-17(16)20-10-13-11-21-18(22-12-13)23-7-1-2-8-23/h4-5,9,11-12,17,20H,1-3,6-8,10H2/t17-/m1/s1. The average Bonchev–Trinajstić information content (AvgIpc) is 3.23. The number of benzene rings is 1. The molecule has 0 amide bonds. The largest absolute Gasteiger partial charge is 0.341 e. The van der Waals surface area contributed by atoms with Crippen LogP contribution in [0.1, 0.15) is 42.0 Å². The van der Waals surface area contributed by atoms with Gasteiger partial charge in [-0.2, -0.15) is 0 Å². The maximum atomic E-state index is 13.3. The van der Waals surface area contributed by atoms with Crippen molar-refractivity contribution < 1.29 is 4.39 Å². The number of aromatic nitrogens is 2. The molecule has 1 aromatic heterocycles. The van der Waals surface area contributed by atoms with Crippen LogP contribution in [0.2, 0.25) is 0 Å². The van der Waals surface area contributed by atoms with E-state index in [2.05, 4.69) is 20.2 Å². The lowest BCUT2D eigenvalue weighted by Crippen LogP contribution is -2.21. The van der Waals surface area contributed by atoms with Gasteiger partial charge in [-0.3, -0.25) is 0 Å². The van der Waals surface area contributed by atoms with E-state index in [4.69, 9.17) is 0 Å². The Morgan fingerprint density at radius 2 is 1.96 bits per heavy atom. The summed E-state index contributed by atoms with van der Waals surface area (Å²) in [4.78, 5) is 11.2. The molecule has 5 heteroatoms. The number of rotatable bonds is 4. The molecule has 2 heterocycles. The summed E-state index contributed by atoms with van der Waals surface area (Å²) >= 11 is 0. The van der Waals surface area contributed by atoms with Crippen LogP contribution >= 0.6 is 0 Å². The van der Waals surface area contributed by atoms with Crippen molar-refractivity contribution in [2.24, 2.45) is 0 Å². The number of hydrogen-bond donors (Lipinski definition) is 1. The molecule has 1 saturated heterocycles. The third-order valence-corrected chi connectivity index (χ3v) is 4.82. The summed E-state index contributed by atoms with van der Waals surface area (Å²) in [6.45, 7) is 2.86. The average molecular weight is 312 g/mol. The minimum atomic E-state index is -0.143. The fourth-order valence-corrected chi connectivity index (χ4v) is 3.56. The quantitative estimate of drug-likeness (QED) is 0.942. The highest BCUT2D eigenvalue weighted by molar-refractivity contribution is 5.35. The van der Waals surface area contributed by atoms with E-state index < -0.39 is 0 Å². The van der Waals surface area contributed by atoms with Crippen molar-refractivity contribution in [3.05, 3.63) is 53.1 Å². The van der Waals surface area contributed by atoms with E-state index in [0.717, 1.165) is 49.6 Å². The van der Waals surface area contributed by atoms with E-state index in [9.17, 15) is 4.39 Å². The topological polar surface area (TPSA) is 41.1 Å². The first-order chi connectivity index (χ1) is 11.3. The fraction of sp³-hybridized carbons (Fsp3) is 0.444. The van der Waals surface area contributed by atoms with Gasteiger partial charge in [0.1, 0.15) is 5.82 Å². The summed E-state index contributed by atoms with van der Waals surface area (Å²) in [7, 11) is 0. The monoisotopic (exact) mass is 312 g/mol. The van der Waals surface area contributed by atoms with E-state index in [0.29, 0.717) is 6.04 Å². The van der Waals surface area contributed by atoms with Crippen molar-refractivity contribution in [3.63, 3.8) is 0 Å². The predicted octanol–water partition coefficient (Wildman–Crippen LogP) is 2.99. The van der Waals surface area contributed by atoms with Crippen LogP contribution in [0.5, 0.6) is 0 Å². The summed E-state index contributed by atoms with van der Waals surface area (Å²) in [5.41, 5.74) is 3.44. The fourth-order valence-electron chi connectivity index (χ4n) is 3.56. The summed E-state index contributed by atoms with van der Waals surface area (Å²) in [6.07, 6.45) is 8.24. The second-order valence-corrected chi connectivity index (χ2v) is 6.40. The molecule has 1 aliphatic heterocycles. The molecule has 120 valence electrons. The Bertz CT molecular complexity index is 680. The molecule has 0 bridgehead atoms. The Morgan fingerprint density at radius 3 is 2.74 bits per heavy atom. The van der Waals surface area contributed by atoms with Gasteiger partial charge < -0.3 is 10.2 Å². The van der Waals surface area contributed by atoms with Gasteiger partial charge >= 0.3 is 0 Å². The molecule has 0 spiro atoms. The molecule has 0 radical (unpaired) electrons. The van der Waals surface area contributed by atoms with Crippen LogP contribution in [0.3, 0.4) is 0 Å². The molecule has 1 fully saturated rings. The van der Waals surface area contributed by atoms with Gasteiger partial charge in [-0.15, -0.1) is 0 Å². The lowest BCUT2D eigenvalue weighted by Gasteiger charge is -2.16. The molecule has 1 aromatic carbocycles. The van der Waals surface area contributed by atoms with Crippen LogP contribution in [0.25, 0.3) is 0 Å². The highest BCUT2D eigenvalue weighted by Crippen LogP contribution is 2.31. The zero-order valence-corrected chi connectivity index (χ0v) is 13.1. The van der Waals surface area contributed by atoms with Crippen molar-refractivity contribution in [1.82, 2.24) is 15.3 Å². The van der Waals surface area contributed by atoms with E-state index in [1.165, 1.54) is 18.4 Å². The van der Waals surface area contributed by atoms with Crippen LogP contribution in [0.4, 0.5) is 10.3 Å². The van der Waals surface area contributed by atoms with Crippen molar-refractivity contribution in [2.75, 3.05) is 18.0 Å². The van der Waals surface area contributed by atoms with E-state index >= 15 is 0 Å². The van der Waals surface area contributed by atoms with E-state index in [-0.39, 0.29) is 5.82 Å². The molecule has 0 saturated carbocycles. The molecule has 1 aliphatic carbocycles. The highest BCUT2D eigenvalue weighted by Gasteiger charge is 2.22. The van der Waals surface area contributed by atoms with Crippen LogP contribution < -0.4 is 10.2 Å². The Morgan fingerprint density at radius 1 is 1.17 bits per heavy atom. The van der Waals surface area contributed by atoms with Crippen molar-refractivity contribution >= 4 is 5.95 Å². The van der Waals surface area contributed by atoms with Gasteiger partial charge in [0.05, 0.1) is 0 Å². The van der Waals surface area contributed by atoms with E-state index in [1.54, 1.807) is 12.1 Å². The van der Waals surface area contributed by atoms with Crippen molar-refractivity contribution in [3.8, 4) is 0 Å². The number of aryl methyl sites for hydroxylation is 1. The molecule has 1 atom stereocenters. The first kappa shape index (κ1) is 14.6. The molecule has 23 heavy (non-hydrogen) atoms. The maximum Gasteiger partial charge on any atom is 0.225 e. The number of anilines is 1. The van der Waals surface area contributed by atoms with Gasteiger partial charge in [0.25, 0.3) is 0 Å². The second kappa shape index (κ2) is 6.24. The third kappa shape index (κ3) is 3.06. The molecule has 2 aromatic rings. The zero-order chi connectivity index (χ0) is 15.6. The van der Waals surface area contributed by atoms with E-state index in [1.807, 2.05) is 18.5 Å². The number of hydrogen-bond acceptors (Lipinski definition) is 4. The number of nitrogens with zero attached hydrogens (tertiary/aromatic N) is 3. The predicted molar refractivity (Wildman–Crippen MR) is 87.8 cm³/mol. The van der Waals surface area contributed by atoms with Gasteiger partial charge in [0.15, 0.2) is 0 Å². The second-order valence-electron chi connectivity index (χ2n) is 6.40. The minimum absolute atomic E-state index is 0.143. The lowest BCUT2D eigenvalue weighted by molar-refractivity contribution is 0.528. The minimum Gasteiger partial charge on any atom is -0.341 e.